The van der Waals surface area contributed by atoms with E-state index in [9.17, 15) is 21.6 Å². The fourth-order valence-corrected chi connectivity index (χ4v) is 2.75. The van der Waals surface area contributed by atoms with Gasteiger partial charge in [-0.2, -0.15) is 18.4 Å². The highest BCUT2D eigenvalue weighted by atomic mass is 32.2. The summed E-state index contributed by atoms with van der Waals surface area (Å²) < 4.78 is 60.6. The van der Waals surface area contributed by atoms with Gasteiger partial charge in [0.25, 0.3) is 0 Å². The predicted octanol–water partition coefficient (Wildman–Crippen LogP) is 1.11. The van der Waals surface area contributed by atoms with Crippen LogP contribution in [0.4, 0.5) is 13.2 Å². The second-order valence-corrected chi connectivity index (χ2v) is 5.60. The first-order valence-electron chi connectivity index (χ1n) is 4.69. The Morgan fingerprint density at radius 3 is 2.19 bits per heavy atom. The molecule has 0 atom stereocenters. The molecule has 0 unspecified atom stereocenters. The standard InChI is InChI=1S/C8H11F3N2O2S/c9-8(10,11)7-1-4-13(5-2-7)16(14,15)6-3-12/h7H,1-2,4-6H2. The van der Waals surface area contributed by atoms with Crippen LogP contribution in [-0.4, -0.2) is 37.7 Å². The van der Waals surface area contributed by atoms with Gasteiger partial charge in [-0.1, -0.05) is 0 Å². The largest absolute Gasteiger partial charge is 0.391 e. The molecule has 0 N–H and O–H groups in total. The lowest BCUT2D eigenvalue weighted by atomic mass is 9.98. The minimum absolute atomic E-state index is 0.159. The van der Waals surface area contributed by atoms with Crippen LogP contribution in [0.2, 0.25) is 0 Å². The molecular weight excluding hydrogens is 245 g/mol. The Hall–Kier alpha value is -0.810. The monoisotopic (exact) mass is 256 g/mol. The Morgan fingerprint density at radius 2 is 1.81 bits per heavy atom. The second kappa shape index (κ2) is 4.59. The molecule has 8 heteroatoms. The van der Waals surface area contributed by atoms with E-state index in [1.54, 1.807) is 0 Å². The molecule has 0 radical (unpaired) electrons. The Labute approximate surface area is 91.7 Å². The van der Waals surface area contributed by atoms with Crippen molar-refractivity contribution in [2.24, 2.45) is 5.92 Å². The molecule has 0 bridgehead atoms. The SMILES string of the molecule is N#CCS(=O)(=O)N1CCC(C(F)(F)F)CC1. The molecule has 0 aromatic heterocycles. The maximum atomic E-state index is 12.3. The quantitative estimate of drug-likeness (QED) is 0.743. The van der Waals surface area contributed by atoms with E-state index in [2.05, 4.69) is 0 Å². The number of nitriles is 1. The molecule has 0 aliphatic carbocycles. The minimum atomic E-state index is -4.26. The summed E-state index contributed by atoms with van der Waals surface area (Å²) in [6.45, 7) is -0.317. The second-order valence-electron chi connectivity index (χ2n) is 3.63. The van der Waals surface area contributed by atoms with Gasteiger partial charge in [-0.3, -0.25) is 0 Å². The van der Waals surface area contributed by atoms with Gasteiger partial charge in [0, 0.05) is 13.1 Å². The van der Waals surface area contributed by atoms with Crippen molar-refractivity contribution in [3.05, 3.63) is 0 Å². The molecule has 1 saturated heterocycles. The molecule has 16 heavy (non-hydrogen) atoms. The van der Waals surface area contributed by atoms with E-state index >= 15 is 0 Å². The molecule has 1 fully saturated rings. The van der Waals surface area contributed by atoms with Crippen LogP contribution in [0.15, 0.2) is 0 Å². The maximum absolute atomic E-state index is 12.3. The summed E-state index contributed by atoms with van der Waals surface area (Å²) in [6.07, 6.45) is -4.71. The van der Waals surface area contributed by atoms with E-state index in [-0.39, 0.29) is 25.9 Å². The van der Waals surface area contributed by atoms with Crippen molar-refractivity contribution < 1.29 is 21.6 Å². The molecule has 4 nitrogen and oxygen atoms in total. The summed E-state index contributed by atoms with van der Waals surface area (Å²) in [4.78, 5) is 0. The number of sulfonamides is 1. The number of hydrogen-bond donors (Lipinski definition) is 0. The highest BCUT2D eigenvalue weighted by Gasteiger charge is 2.42. The Bertz CT molecular complexity index is 377. The zero-order valence-electron chi connectivity index (χ0n) is 8.37. The number of nitrogens with zero attached hydrogens (tertiary/aromatic N) is 2. The highest BCUT2D eigenvalue weighted by Crippen LogP contribution is 2.34. The average Bonchev–Trinajstić information content (AvgIpc) is 2.16. The molecule has 0 aromatic carbocycles. The van der Waals surface area contributed by atoms with E-state index < -0.39 is 27.9 Å². The smallest absolute Gasteiger partial charge is 0.211 e. The summed E-state index contributed by atoms with van der Waals surface area (Å²) >= 11 is 0. The zero-order valence-corrected chi connectivity index (χ0v) is 9.18. The van der Waals surface area contributed by atoms with Crippen LogP contribution in [0.1, 0.15) is 12.8 Å². The van der Waals surface area contributed by atoms with Crippen molar-refractivity contribution in [3.8, 4) is 6.07 Å². The maximum Gasteiger partial charge on any atom is 0.391 e. The summed E-state index contributed by atoms with van der Waals surface area (Å²) in [5.74, 6) is -2.11. The molecule has 0 amide bonds. The van der Waals surface area contributed by atoms with Crippen molar-refractivity contribution in [3.63, 3.8) is 0 Å². The molecule has 1 aliphatic heterocycles. The molecule has 0 spiro atoms. The molecule has 0 saturated carbocycles. The molecule has 92 valence electrons. The Morgan fingerprint density at radius 1 is 1.31 bits per heavy atom. The first kappa shape index (κ1) is 13.3. The van der Waals surface area contributed by atoms with Gasteiger partial charge in [-0.15, -0.1) is 0 Å². The lowest BCUT2D eigenvalue weighted by Gasteiger charge is -2.31. The van der Waals surface area contributed by atoms with Gasteiger partial charge in [0.1, 0.15) is 0 Å². The fourth-order valence-electron chi connectivity index (χ4n) is 1.63. The molecular formula is C8H11F3N2O2S. The average molecular weight is 256 g/mol. The summed E-state index contributed by atoms with van der Waals surface area (Å²) in [5.41, 5.74) is 0. The lowest BCUT2D eigenvalue weighted by Crippen LogP contribution is -2.42. The van der Waals surface area contributed by atoms with Crippen molar-refractivity contribution in [2.45, 2.75) is 19.0 Å². The predicted molar refractivity (Wildman–Crippen MR) is 49.8 cm³/mol. The van der Waals surface area contributed by atoms with E-state index in [1.165, 1.54) is 6.07 Å². The van der Waals surface area contributed by atoms with Gasteiger partial charge < -0.3 is 0 Å². The number of piperidine rings is 1. The first-order valence-corrected chi connectivity index (χ1v) is 6.30. The fraction of sp³-hybridized carbons (Fsp3) is 0.875. The van der Waals surface area contributed by atoms with Crippen LogP contribution in [0.25, 0.3) is 0 Å². The van der Waals surface area contributed by atoms with Gasteiger partial charge in [0.2, 0.25) is 10.0 Å². The van der Waals surface area contributed by atoms with Crippen molar-refractivity contribution in [2.75, 3.05) is 18.8 Å². The molecule has 1 rings (SSSR count). The van der Waals surface area contributed by atoms with E-state index in [0.717, 1.165) is 4.31 Å². The number of alkyl halides is 3. The summed E-state index contributed by atoms with van der Waals surface area (Å²) in [5, 5.41) is 8.28. The van der Waals surface area contributed by atoms with Gasteiger partial charge in [-0.05, 0) is 12.8 Å². The van der Waals surface area contributed by atoms with Gasteiger partial charge in [0.05, 0.1) is 12.0 Å². The Balaban J connectivity index is 2.60. The number of rotatable bonds is 2. The van der Waals surface area contributed by atoms with E-state index in [0.29, 0.717) is 0 Å². The third-order valence-electron chi connectivity index (χ3n) is 2.56. The van der Waals surface area contributed by atoms with E-state index in [4.69, 9.17) is 5.26 Å². The summed E-state index contributed by atoms with van der Waals surface area (Å²) in [6, 6.07) is 1.49. The molecule has 0 aromatic rings. The van der Waals surface area contributed by atoms with Crippen molar-refractivity contribution in [1.82, 2.24) is 4.31 Å². The van der Waals surface area contributed by atoms with Crippen molar-refractivity contribution >= 4 is 10.0 Å². The topological polar surface area (TPSA) is 61.2 Å². The Kier molecular flexibility index (Phi) is 3.80. The van der Waals surface area contributed by atoms with Crippen LogP contribution in [0.5, 0.6) is 0 Å². The molecule has 1 heterocycles. The highest BCUT2D eigenvalue weighted by molar-refractivity contribution is 7.89. The molecule has 1 aliphatic rings. The third-order valence-corrected chi connectivity index (χ3v) is 4.20. The van der Waals surface area contributed by atoms with Gasteiger partial charge in [0.15, 0.2) is 5.75 Å². The lowest BCUT2D eigenvalue weighted by molar-refractivity contribution is -0.182. The van der Waals surface area contributed by atoms with Gasteiger partial charge >= 0.3 is 6.18 Å². The van der Waals surface area contributed by atoms with E-state index in [1.807, 2.05) is 0 Å². The van der Waals surface area contributed by atoms with Crippen LogP contribution in [0.3, 0.4) is 0 Å². The zero-order chi connectivity index (χ0) is 12.4. The third kappa shape index (κ3) is 3.09. The van der Waals surface area contributed by atoms with Crippen LogP contribution in [-0.2, 0) is 10.0 Å². The van der Waals surface area contributed by atoms with Crippen LogP contribution in [0, 0.1) is 17.2 Å². The summed E-state index contributed by atoms with van der Waals surface area (Å²) in [7, 11) is -3.70. The van der Waals surface area contributed by atoms with Crippen LogP contribution >= 0.6 is 0 Å². The number of hydrogen-bond acceptors (Lipinski definition) is 3. The first-order chi connectivity index (χ1) is 7.27. The normalized spacial score (nSPS) is 20.6. The van der Waals surface area contributed by atoms with Crippen molar-refractivity contribution in [1.29, 1.82) is 5.26 Å². The number of halogens is 3. The minimum Gasteiger partial charge on any atom is -0.211 e. The van der Waals surface area contributed by atoms with Gasteiger partial charge in [-0.25, -0.2) is 12.7 Å². The van der Waals surface area contributed by atoms with Crippen LogP contribution < -0.4 is 0 Å².